The first-order chi connectivity index (χ1) is 7.42. The van der Waals surface area contributed by atoms with Crippen LogP contribution in [0.5, 0.6) is 0 Å². The summed E-state index contributed by atoms with van der Waals surface area (Å²) in [6.07, 6.45) is 4.13. The third-order valence-corrected chi connectivity index (χ3v) is 3.91. The number of hydrogen-bond acceptors (Lipinski definition) is 3. The number of ether oxygens (including phenoxy) is 1. The standard InChI is InChI=1S/C11H19NO.CH5N/c1-3-13-4-2-9(1)6-12-7-10-5-11(10)8-12;1-2/h9-11H,1-8H2;2H2,1H3. The molecular weight excluding hydrogens is 188 g/mol. The van der Waals surface area contributed by atoms with Gasteiger partial charge in [-0.25, -0.2) is 0 Å². The van der Waals surface area contributed by atoms with Crippen LogP contribution in [0.3, 0.4) is 0 Å². The number of nitrogens with zero attached hydrogens (tertiary/aromatic N) is 1. The highest BCUT2D eigenvalue weighted by Crippen LogP contribution is 2.45. The minimum Gasteiger partial charge on any atom is -0.381 e. The highest BCUT2D eigenvalue weighted by atomic mass is 16.5. The Labute approximate surface area is 93.0 Å². The lowest BCUT2D eigenvalue weighted by Gasteiger charge is -2.27. The van der Waals surface area contributed by atoms with Crippen molar-refractivity contribution < 1.29 is 4.74 Å². The molecule has 2 saturated heterocycles. The Balaban J connectivity index is 0.000000404. The highest BCUT2D eigenvalue weighted by Gasteiger charge is 2.45. The van der Waals surface area contributed by atoms with Gasteiger partial charge in [0.2, 0.25) is 0 Å². The second-order valence-corrected chi connectivity index (χ2v) is 5.03. The third kappa shape index (κ3) is 2.92. The highest BCUT2D eigenvalue weighted by molar-refractivity contribution is 4.97. The van der Waals surface area contributed by atoms with Gasteiger partial charge in [-0.2, -0.15) is 0 Å². The smallest absolute Gasteiger partial charge is 0.0469 e. The lowest BCUT2D eigenvalue weighted by atomic mass is 10.00. The van der Waals surface area contributed by atoms with Crippen molar-refractivity contribution in [1.82, 2.24) is 4.90 Å². The quantitative estimate of drug-likeness (QED) is 0.740. The molecule has 0 spiro atoms. The maximum atomic E-state index is 5.38. The van der Waals surface area contributed by atoms with Crippen molar-refractivity contribution in [3.05, 3.63) is 0 Å². The molecule has 3 rings (SSSR count). The SMILES string of the molecule is C1CC(CN2CC3CC3C2)CCO1.CN. The van der Waals surface area contributed by atoms with Gasteiger partial charge in [0, 0.05) is 32.8 Å². The summed E-state index contributed by atoms with van der Waals surface area (Å²) in [4.78, 5) is 2.69. The van der Waals surface area contributed by atoms with E-state index in [1.54, 1.807) is 0 Å². The van der Waals surface area contributed by atoms with Gasteiger partial charge in [-0.1, -0.05) is 0 Å². The van der Waals surface area contributed by atoms with Crippen LogP contribution in [0.4, 0.5) is 0 Å². The van der Waals surface area contributed by atoms with Crippen LogP contribution < -0.4 is 5.73 Å². The van der Waals surface area contributed by atoms with Crippen LogP contribution in [0, 0.1) is 17.8 Å². The maximum absolute atomic E-state index is 5.38. The van der Waals surface area contributed by atoms with Gasteiger partial charge in [-0.05, 0) is 44.1 Å². The molecule has 2 atom stereocenters. The monoisotopic (exact) mass is 212 g/mol. The number of nitrogens with two attached hydrogens (primary N) is 1. The van der Waals surface area contributed by atoms with Crippen molar-refractivity contribution in [2.75, 3.05) is 39.9 Å². The molecule has 3 heteroatoms. The molecule has 0 amide bonds. The summed E-state index contributed by atoms with van der Waals surface area (Å²) < 4.78 is 5.38. The Morgan fingerprint density at radius 1 is 1.13 bits per heavy atom. The average Bonchev–Trinajstić information content (AvgIpc) is 2.91. The lowest BCUT2D eigenvalue weighted by Crippen LogP contribution is -2.32. The molecule has 2 aliphatic heterocycles. The Bertz CT molecular complexity index is 182. The number of fused-ring (bicyclic) bond motifs is 1. The van der Waals surface area contributed by atoms with E-state index in [9.17, 15) is 0 Å². The van der Waals surface area contributed by atoms with Crippen LogP contribution in [0.2, 0.25) is 0 Å². The van der Waals surface area contributed by atoms with Crippen molar-refractivity contribution >= 4 is 0 Å². The Morgan fingerprint density at radius 2 is 1.73 bits per heavy atom. The molecule has 0 aromatic heterocycles. The van der Waals surface area contributed by atoms with Crippen molar-refractivity contribution in [2.24, 2.45) is 23.5 Å². The van der Waals surface area contributed by atoms with E-state index in [1.807, 2.05) is 0 Å². The molecule has 0 bridgehead atoms. The molecule has 3 nitrogen and oxygen atoms in total. The Morgan fingerprint density at radius 3 is 2.33 bits per heavy atom. The van der Waals surface area contributed by atoms with Crippen molar-refractivity contribution in [3.8, 4) is 0 Å². The maximum Gasteiger partial charge on any atom is 0.0469 e. The fourth-order valence-electron chi connectivity index (χ4n) is 2.94. The Kier molecular flexibility index (Phi) is 4.00. The van der Waals surface area contributed by atoms with Crippen LogP contribution >= 0.6 is 0 Å². The van der Waals surface area contributed by atoms with Gasteiger partial charge in [0.1, 0.15) is 0 Å². The number of hydrogen-bond donors (Lipinski definition) is 1. The summed E-state index contributed by atoms with van der Waals surface area (Å²) in [5, 5.41) is 0. The zero-order chi connectivity index (χ0) is 10.7. The minimum absolute atomic E-state index is 0.936. The molecule has 0 aromatic carbocycles. The first kappa shape index (κ1) is 11.4. The third-order valence-electron chi connectivity index (χ3n) is 3.91. The average molecular weight is 212 g/mol. The zero-order valence-electron chi connectivity index (χ0n) is 9.82. The van der Waals surface area contributed by atoms with E-state index in [4.69, 9.17) is 4.74 Å². The minimum atomic E-state index is 0.936. The van der Waals surface area contributed by atoms with E-state index >= 15 is 0 Å². The predicted octanol–water partition coefficient (Wildman–Crippen LogP) is 0.940. The van der Waals surface area contributed by atoms with E-state index in [-0.39, 0.29) is 0 Å². The van der Waals surface area contributed by atoms with Crippen LogP contribution in [0.15, 0.2) is 0 Å². The molecular formula is C12H24N2O. The van der Waals surface area contributed by atoms with E-state index in [2.05, 4.69) is 10.6 Å². The normalized spacial score (nSPS) is 35.6. The number of piperidine rings is 1. The zero-order valence-corrected chi connectivity index (χ0v) is 9.82. The molecule has 15 heavy (non-hydrogen) atoms. The van der Waals surface area contributed by atoms with Gasteiger partial charge >= 0.3 is 0 Å². The molecule has 2 N–H and O–H groups in total. The Hall–Kier alpha value is -0.120. The van der Waals surface area contributed by atoms with Crippen LogP contribution in [-0.4, -0.2) is 44.8 Å². The molecule has 2 heterocycles. The summed E-state index contributed by atoms with van der Waals surface area (Å²) >= 11 is 0. The second kappa shape index (κ2) is 5.28. The van der Waals surface area contributed by atoms with Gasteiger partial charge in [-0.15, -0.1) is 0 Å². The van der Waals surface area contributed by atoms with Crippen LogP contribution in [-0.2, 0) is 4.74 Å². The molecule has 3 fully saturated rings. The summed E-state index contributed by atoms with van der Waals surface area (Å²) in [6, 6.07) is 0. The summed E-state index contributed by atoms with van der Waals surface area (Å²) in [7, 11) is 1.50. The number of rotatable bonds is 2. The van der Waals surface area contributed by atoms with Crippen molar-refractivity contribution in [3.63, 3.8) is 0 Å². The van der Waals surface area contributed by atoms with Gasteiger partial charge in [0.25, 0.3) is 0 Å². The van der Waals surface area contributed by atoms with Gasteiger partial charge in [-0.3, -0.25) is 0 Å². The van der Waals surface area contributed by atoms with Gasteiger partial charge in [0.15, 0.2) is 0 Å². The van der Waals surface area contributed by atoms with E-state index in [1.165, 1.54) is 45.9 Å². The molecule has 0 radical (unpaired) electrons. The summed E-state index contributed by atoms with van der Waals surface area (Å²) in [5.74, 6) is 3.13. The molecule has 0 aromatic rings. The first-order valence-corrected chi connectivity index (χ1v) is 6.29. The largest absolute Gasteiger partial charge is 0.381 e. The molecule has 88 valence electrons. The number of likely N-dealkylation sites (tertiary alicyclic amines) is 1. The summed E-state index contributed by atoms with van der Waals surface area (Å²) in [6.45, 7) is 6.18. The lowest BCUT2D eigenvalue weighted by molar-refractivity contribution is 0.0542. The van der Waals surface area contributed by atoms with E-state index < -0.39 is 0 Å². The second-order valence-electron chi connectivity index (χ2n) is 5.03. The summed E-state index contributed by atoms with van der Waals surface area (Å²) in [5.41, 5.74) is 4.50. The van der Waals surface area contributed by atoms with Crippen LogP contribution in [0.25, 0.3) is 0 Å². The van der Waals surface area contributed by atoms with Crippen molar-refractivity contribution in [1.29, 1.82) is 0 Å². The molecule has 1 saturated carbocycles. The van der Waals surface area contributed by atoms with Gasteiger partial charge in [0.05, 0.1) is 0 Å². The predicted molar refractivity (Wildman–Crippen MR) is 61.7 cm³/mol. The van der Waals surface area contributed by atoms with E-state index in [0.29, 0.717) is 0 Å². The molecule has 1 aliphatic carbocycles. The van der Waals surface area contributed by atoms with Gasteiger partial charge < -0.3 is 15.4 Å². The van der Waals surface area contributed by atoms with E-state index in [0.717, 1.165) is 31.0 Å². The van der Waals surface area contributed by atoms with Crippen molar-refractivity contribution in [2.45, 2.75) is 19.3 Å². The topological polar surface area (TPSA) is 38.5 Å². The first-order valence-electron chi connectivity index (χ1n) is 6.29. The van der Waals surface area contributed by atoms with Crippen LogP contribution in [0.1, 0.15) is 19.3 Å². The fourth-order valence-corrected chi connectivity index (χ4v) is 2.94. The molecule has 2 unspecified atom stereocenters. The fraction of sp³-hybridized carbons (Fsp3) is 1.00. The molecule has 3 aliphatic rings.